The predicted octanol–water partition coefficient (Wildman–Crippen LogP) is 4.22. The van der Waals surface area contributed by atoms with Crippen LogP contribution in [0.2, 0.25) is 0 Å². The summed E-state index contributed by atoms with van der Waals surface area (Å²) in [5, 5.41) is 18.5. The lowest BCUT2D eigenvalue weighted by molar-refractivity contribution is 0.0402. The van der Waals surface area contributed by atoms with Gasteiger partial charge in [0, 0.05) is 25.7 Å². The number of hydrogen-bond acceptors (Lipinski definition) is 6. The van der Waals surface area contributed by atoms with Crippen molar-refractivity contribution in [3.63, 3.8) is 0 Å². The van der Waals surface area contributed by atoms with Gasteiger partial charge in [-0.1, -0.05) is 24.3 Å². The molecule has 0 unspecified atom stereocenters. The van der Waals surface area contributed by atoms with E-state index < -0.39 is 11.9 Å². The molecule has 37 heavy (non-hydrogen) atoms. The Morgan fingerprint density at radius 2 is 1.57 bits per heavy atom. The second-order valence-electron chi connectivity index (χ2n) is 9.10. The van der Waals surface area contributed by atoms with E-state index in [2.05, 4.69) is 9.47 Å². The average molecular weight is 502 g/mol. The van der Waals surface area contributed by atoms with Crippen molar-refractivity contribution in [2.75, 3.05) is 20.3 Å². The number of carboxylic acids is 2. The van der Waals surface area contributed by atoms with Gasteiger partial charge in [0.1, 0.15) is 18.2 Å². The Bertz CT molecular complexity index is 1370. The number of hydrogen-bond donors (Lipinski definition) is 2. The van der Waals surface area contributed by atoms with E-state index in [0.29, 0.717) is 32.8 Å². The molecule has 0 radical (unpaired) electrons. The van der Waals surface area contributed by atoms with Gasteiger partial charge in [0.05, 0.1) is 41.9 Å². The van der Waals surface area contributed by atoms with Crippen LogP contribution in [-0.4, -0.2) is 56.9 Å². The second-order valence-corrected chi connectivity index (χ2v) is 9.10. The van der Waals surface area contributed by atoms with Gasteiger partial charge >= 0.3 is 11.9 Å². The number of methoxy groups -OCH3 is 1. The van der Waals surface area contributed by atoms with E-state index in [1.807, 2.05) is 42.5 Å². The summed E-state index contributed by atoms with van der Waals surface area (Å²) in [6.07, 6.45) is 0. The number of aromatic nitrogens is 2. The first kappa shape index (κ1) is 24.5. The fourth-order valence-electron chi connectivity index (χ4n) is 4.76. The van der Waals surface area contributed by atoms with Gasteiger partial charge < -0.3 is 24.3 Å². The number of ether oxygens (including phenoxy) is 2. The van der Waals surface area contributed by atoms with Gasteiger partial charge in [0.25, 0.3) is 0 Å². The first-order chi connectivity index (χ1) is 17.9. The van der Waals surface area contributed by atoms with Crippen molar-refractivity contribution >= 4 is 23.0 Å². The van der Waals surface area contributed by atoms with Crippen LogP contribution in [0.5, 0.6) is 5.75 Å². The van der Waals surface area contributed by atoms with Gasteiger partial charge in [0.2, 0.25) is 0 Å². The van der Waals surface area contributed by atoms with Gasteiger partial charge in [-0.3, -0.25) is 4.90 Å². The minimum Gasteiger partial charge on any atom is -0.497 e. The molecule has 3 aromatic carbocycles. The summed E-state index contributed by atoms with van der Waals surface area (Å²) >= 11 is 0. The molecule has 1 aromatic heterocycles. The number of nitrogens with zero attached hydrogens (tertiary/aromatic N) is 3. The van der Waals surface area contributed by atoms with Crippen LogP contribution in [0.25, 0.3) is 11.0 Å². The van der Waals surface area contributed by atoms with E-state index in [-0.39, 0.29) is 17.2 Å². The molecule has 0 spiro atoms. The van der Waals surface area contributed by atoms with Gasteiger partial charge in [-0.15, -0.1) is 0 Å². The summed E-state index contributed by atoms with van der Waals surface area (Å²) in [5.74, 6) is -0.308. The largest absolute Gasteiger partial charge is 0.497 e. The highest BCUT2D eigenvalue weighted by Crippen LogP contribution is 2.30. The van der Waals surface area contributed by atoms with Crippen molar-refractivity contribution in [1.82, 2.24) is 14.5 Å². The van der Waals surface area contributed by atoms with Gasteiger partial charge in [-0.05, 0) is 47.5 Å². The van der Waals surface area contributed by atoms with Crippen LogP contribution in [-0.2, 0) is 24.4 Å². The van der Waals surface area contributed by atoms with Crippen LogP contribution in [0.1, 0.15) is 43.7 Å². The highest BCUT2D eigenvalue weighted by atomic mass is 16.5. The Morgan fingerprint density at radius 3 is 2.11 bits per heavy atom. The molecule has 190 valence electrons. The van der Waals surface area contributed by atoms with Crippen molar-refractivity contribution in [3.8, 4) is 5.75 Å². The fourth-order valence-corrected chi connectivity index (χ4v) is 4.76. The Hall–Kier alpha value is -4.21. The van der Waals surface area contributed by atoms with E-state index in [1.54, 1.807) is 31.4 Å². The molecule has 9 nitrogen and oxygen atoms in total. The van der Waals surface area contributed by atoms with Gasteiger partial charge in [-0.2, -0.15) is 0 Å². The maximum Gasteiger partial charge on any atom is 0.335 e. The number of carboxylic acid groups (broad SMARTS) is 2. The minimum atomic E-state index is -0.962. The summed E-state index contributed by atoms with van der Waals surface area (Å²) in [7, 11) is 1.64. The van der Waals surface area contributed by atoms with Crippen LogP contribution in [0, 0.1) is 0 Å². The number of aromatic carboxylic acids is 2. The molecular weight excluding hydrogens is 474 g/mol. The zero-order chi connectivity index (χ0) is 25.9. The fraction of sp³-hybridized carbons (Fsp3) is 0.250. The Balaban J connectivity index is 1.45. The molecule has 0 saturated carbocycles. The SMILES string of the molecule is COc1ccc2nc3n(c2c1)[C@@H](CN(Cc1ccc(C(=O)O)cc1)Cc1ccc(C(=O)O)cc1)COC3. The van der Waals surface area contributed by atoms with Crippen LogP contribution in [0.3, 0.4) is 0 Å². The van der Waals surface area contributed by atoms with E-state index in [1.165, 1.54) is 0 Å². The first-order valence-corrected chi connectivity index (χ1v) is 11.9. The Kier molecular flexibility index (Phi) is 6.89. The zero-order valence-corrected chi connectivity index (χ0v) is 20.3. The molecule has 2 heterocycles. The lowest BCUT2D eigenvalue weighted by Gasteiger charge is -2.32. The molecule has 1 aliphatic heterocycles. The number of rotatable bonds is 9. The Labute approximate surface area is 213 Å². The predicted molar refractivity (Wildman–Crippen MR) is 136 cm³/mol. The summed E-state index contributed by atoms with van der Waals surface area (Å²) in [6.45, 7) is 2.73. The third kappa shape index (κ3) is 5.32. The Morgan fingerprint density at radius 1 is 0.973 bits per heavy atom. The van der Waals surface area contributed by atoms with Crippen molar-refractivity contribution in [2.24, 2.45) is 0 Å². The summed E-state index contributed by atoms with van der Waals surface area (Å²) in [4.78, 5) is 29.6. The number of benzene rings is 3. The molecular formula is C28H27N3O6. The molecule has 0 amide bonds. The standard InChI is InChI=1S/C28H27N3O6/c1-36-23-10-11-24-25(12-23)31-22(16-37-17-26(31)29-24)15-30(13-18-2-6-20(7-3-18)27(32)33)14-19-4-8-21(9-5-19)28(34)35/h2-12,22H,13-17H2,1H3,(H,32,33)(H,34,35)/t22-/m0/s1. The third-order valence-corrected chi connectivity index (χ3v) is 6.56. The average Bonchev–Trinajstić information content (AvgIpc) is 3.28. The number of carbonyl (C=O) groups is 2. The van der Waals surface area contributed by atoms with E-state index in [0.717, 1.165) is 33.7 Å². The molecule has 0 saturated heterocycles. The quantitative estimate of drug-likeness (QED) is 0.351. The molecule has 0 fully saturated rings. The van der Waals surface area contributed by atoms with Crippen molar-refractivity contribution in [3.05, 3.63) is 94.8 Å². The summed E-state index contributed by atoms with van der Waals surface area (Å²) in [5.41, 5.74) is 4.29. The molecule has 0 bridgehead atoms. The maximum atomic E-state index is 11.3. The normalized spacial score (nSPS) is 15.0. The molecule has 2 N–H and O–H groups in total. The van der Waals surface area contributed by atoms with E-state index in [9.17, 15) is 19.8 Å². The molecule has 5 rings (SSSR count). The van der Waals surface area contributed by atoms with Crippen LogP contribution >= 0.6 is 0 Å². The number of fused-ring (bicyclic) bond motifs is 3. The van der Waals surface area contributed by atoms with Crippen LogP contribution in [0.15, 0.2) is 66.7 Å². The number of imidazole rings is 1. The van der Waals surface area contributed by atoms with Crippen molar-refractivity contribution in [2.45, 2.75) is 25.7 Å². The first-order valence-electron chi connectivity index (χ1n) is 11.9. The second kappa shape index (κ2) is 10.4. The van der Waals surface area contributed by atoms with Crippen LogP contribution in [0.4, 0.5) is 0 Å². The van der Waals surface area contributed by atoms with Gasteiger partial charge in [-0.25, -0.2) is 14.6 Å². The smallest absolute Gasteiger partial charge is 0.335 e. The summed E-state index contributed by atoms with van der Waals surface area (Å²) < 4.78 is 13.6. The molecule has 1 atom stereocenters. The topological polar surface area (TPSA) is 114 Å². The van der Waals surface area contributed by atoms with Crippen LogP contribution < -0.4 is 4.74 Å². The monoisotopic (exact) mass is 501 g/mol. The highest BCUT2D eigenvalue weighted by Gasteiger charge is 2.26. The van der Waals surface area contributed by atoms with Crippen molar-refractivity contribution < 1.29 is 29.3 Å². The van der Waals surface area contributed by atoms with E-state index >= 15 is 0 Å². The maximum absolute atomic E-state index is 11.3. The highest BCUT2D eigenvalue weighted by molar-refractivity contribution is 5.88. The molecule has 0 aliphatic carbocycles. The van der Waals surface area contributed by atoms with E-state index in [4.69, 9.17) is 14.5 Å². The third-order valence-electron chi connectivity index (χ3n) is 6.56. The lowest BCUT2D eigenvalue weighted by atomic mass is 10.1. The van der Waals surface area contributed by atoms with Crippen molar-refractivity contribution in [1.29, 1.82) is 0 Å². The molecule has 9 heteroatoms. The van der Waals surface area contributed by atoms with Gasteiger partial charge in [0.15, 0.2) is 0 Å². The molecule has 4 aromatic rings. The lowest BCUT2D eigenvalue weighted by Crippen LogP contribution is -2.35. The summed E-state index contributed by atoms with van der Waals surface area (Å²) in [6, 6.07) is 19.5. The minimum absolute atomic E-state index is 0.0163. The molecule has 1 aliphatic rings. The zero-order valence-electron chi connectivity index (χ0n) is 20.3.